The van der Waals surface area contributed by atoms with Crippen LogP contribution >= 0.6 is 0 Å². The van der Waals surface area contributed by atoms with Crippen molar-refractivity contribution >= 4 is 11.0 Å². The molecule has 0 amide bonds. The first-order valence-electron chi connectivity index (χ1n) is 6.58. The van der Waals surface area contributed by atoms with Gasteiger partial charge in [-0.3, -0.25) is 0 Å². The highest BCUT2D eigenvalue weighted by Crippen LogP contribution is 2.28. The summed E-state index contributed by atoms with van der Waals surface area (Å²) in [5.41, 5.74) is 0.873. The van der Waals surface area contributed by atoms with Crippen molar-refractivity contribution in [1.82, 2.24) is 5.32 Å². The molecule has 0 aliphatic carbocycles. The topological polar surface area (TPSA) is 43.6 Å². The molecule has 0 spiro atoms. The molecule has 1 aromatic heterocycles. The second-order valence-electron chi connectivity index (χ2n) is 5.31. The first kappa shape index (κ1) is 12.5. The number of furan rings is 1. The van der Waals surface area contributed by atoms with E-state index < -0.39 is 0 Å². The molecule has 4 heteroatoms. The summed E-state index contributed by atoms with van der Waals surface area (Å²) in [7, 11) is 1.66. The van der Waals surface area contributed by atoms with Gasteiger partial charge in [0.2, 0.25) is 0 Å². The Morgan fingerprint density at radius 3 is 3.05 bits per heavy atom. The number of benzene rings is 1. The van der Waals surface area contributed by atoms with E-state index in [1.54, 1.807) is 7.11 Å². The van der Waals surface area contributed by atoms with Gasteiger partial charge in [0.25, 0.3) is 0 Å². The van der Waals surface area contributed by atoms with Gasteiger partial charge in [-0.1, -0.05) is 12.1 Å². The van der Waals surface area contributed by atoms with Gasteiger partial charge in [0.1, 0.15) is 5.76 Å². The third kappa shape index (κ3) is 2.46. The predicted octanol–water partition coefficient (Wildman–Crippen LogP) is 2.71. The zero-order valence-corrected chi connectivity index (χ0v) is 11.4. The minimum absolute atomic E-state index is 0.0586. The van der Waals surface area contributed by atoms with Crippen LogP contribution in [0.4, 0.5) is 0 Å². The molecule has 1 saturated heterocycles. The number of methoxy groups -OCH3 is 1. The quantitative estimate of drug-likeness (QED) is 0.919. The SMILES string of the molecule is COc1cccc2cc(CNC3(C)CCOC3)oc12. The lowest BCUT2D eigenvalue weighted by Gasteiger charge is -2.22. The molecule has 4 nitrogen and oxygen atoms in total. The zero-order valence-electron chi connectivity index (χ0n) is 11.4. The Labute approximate surface area is 112 Å². The molecular weight excluding hydrogens is 242 g/mol. The van der Waals surface area contributed by atoms with E-state index in [9.17, 15) is 0 Å². The molecule has 0 radical (unpaired) electrons. The van der Waals surface area contributed by atoms with Crippen molar-refractivity contribution < 1.29 is 13.9 Å². The van der Waals surface area contributed by atoms with Gasteiger partial charge in [-0.05, 0) is 25.5 Å². The van der Waals surface area contributed by atoms with Crippen LogP contribution in [0.1, 0.15) is 19.1 Å². The van der Waals surface area contributed by atoms with E-state index in [2.05, 4.69) is 18.3 Å². The molecule has 3 rings (SSSR count). The van der Waals surface area contributed by atoms with Crippen LogP contribution in [0.5, 0.6) is 5.75 Å². The predicted molar refractivity (Wildman–Crippen MR) is 73.4 cm³/mol. The fraction of sp³-hybridized carbons (Fsp3) is 0.467. The van der Waals surface area contributed by atoms with Crippen LogP contribution in [0.15, 0.2) is 28.7 Å². The second kappa shape index (κ2) is 4.87. The Hall–Kier alpha value is -1.52. The van der Waals surface area contributed by atoms with Crippen LogP contribution in [-0.2, 0) is 11.3 Å². The normalized spacial score (nSPS) is 23.1. The van der Waals surface area contributed by atoms with E-state index in [4.69, 9.17) is 13.9 Å². The molecule has 2 aromatic rings. The Morgan fingerprint density at radius 1 is 1.42 bits per heavy atom. The van der Waals surface area contributed by atoms with Crippen molar-refractivity contribution in [2.75, 3.05) is 20.3 Å². The molecule has 1 unspecified atom stereocenters. The van der Waals surface area contributed by atoms with Gasteiger partial charge in [0.15, 0.2) is 11.3 Å². The standard InChI is InChI=1S/C15H19NO3/c1-15(6-7-18-10-15)16-9-12-8-11-4-3-5-13(17-2)14(11)19-12/h3-5,8,16H,6-7,9-10H2,1-2H3. The van der Waals surface area contributed by atoms with Crippen molar-refractivity contribution in [3.8, 4) is 5.75 Å². The van der Waals surface area contributed by atoms with Gasteiger partial charge in [0.05, 0.1) is 20.3 Å². The summed E-state index contributed by atoms with van der Waals surface area (Å²) in [5.74, 6) is 1.70. The molecule has 1 fully saturated rings. The summed E-state index contributed by atoms with van der Waals surface area (Å²) >= 11 is 0. The van der Waals surface area contributed by atoms with E-state index in [1.807, 2.05) is 18.2 Å². The van der Waals surface area contributed by atoms with E-state index >= 15 is 0 Å². The molecule has 19 heavy (non-hydrogen) atoms. The molecule has 102 valence electrons. The monoisotopic (exact) mass is 261 g/mol. The smallest absolute Gasteiger partial charge is 0.176 e. The average molecular weight is 261 g/mol. The van der Waals surface area contributed by atoms with Crippen LogP contribution in [0.3, 0.4) is 0 Å². The highest BCUT2D eigenvalue weighted by atomic mass is 16.5. The van der Waals surface area contributed by atoms with Crippen LogP contribution in [0.2, 0.25) is 0 Å². The largest absolute Gasteiger partial charge is 0.493 e. The Kier molecular flexibility index (Phi) is 3.21. The molecule has 1 aliphatic rings. The van der Waals surface area contributed by atoms with E-state index in [0.29, 0.717) is 6.54 Å². The summed E-state index contributed by atoms with van der Waals surface area (Å²) in [4.78, 5) is 0. The highest BCUT2D eigenvalue weighted by molar-refractivity contribution is 5.83. The molecule has 1 atom stereocenters. The number of nitrogens with one attached hydrogen (secondary N) is 1. The molecule has 2 heterocycles. The Morgan fingerprint density at radius 2 is 2.32 bits per heavy atom. The van der Waals surface area contributed by atoms with Crippen LogP contribution in [0.25, 0.3) is 11.0 Å². The molecule has 1 N–H and O–H groups in total. The van der Waals surface area contributed by atoms with Gasteiger partial charge >= 0.3 is 0 Å². The lowest BCUT2D eigenvalue weighted by molar-refractivity contribution is 0.170. The summed E-state index contributed by atoms with van der Waals surface area (Å²) in [6.45, 7) is 4.48. The summed E-state index contributed by atoms with van der Waals surface area (Å²) < 4.78 is 16.6. The summed E-state index contributed by atoms with van der Waals surface area (Å²) in [6, 6.07) is 7.98. The zero-order chi connectivity index (χ0) is 13.3. The van der Waals surface area contributed by atoms with Crippen LogP contribution in [0, 0.1) is 0 Å². The Bertz CT molecular complexity index is 570. The molecular formula is C15H19NO3. The Balaban J connectivity index is 1.78. The van der Waals surface area contributed by atoms with Crippen molar-refractivity contribution in [3.63, 3.8) is 0 Å². The maximum absolute atomic E-state index is 5.87. The number of rotatable bonds is 4. The van der Waals surface area contributed by atoms with Gasteiger partial charge in [0, 0.05) is 17.5 Å². The van der Waals surface area contributed by atoms with Crippen molar-refractivity contribution in [2.45, 2.75) is 25.4 Å². The van der Waals surface area contributed by atoms with Crippen molar-refractivity contribution in [2.24, 2.45) is 0 Å². The third-order valence-electron chi connectivity index (χ3n) is 3.69. The number of fused-ring (bicyclic) bond motifs is 1. The van der Waals surface area contributed by atoms with Gasteiger partial charge < -0.3 is 19.2 Å². The third-order valence-corrected chi connectivity index (χ3v) is 3.69. The number of hydrogen-bond donors (Lipinski definition) is 1. The van der Waals surface area contributed by atoms with E-state index in [0.717, 1.165) is 42.1 Å². The molecule has 1 aliphatic heterocycles. The first-order valence-corrected chi connectivity index (χ1v) is 6.58. The molecule has 0 saturated carbocycles. The minimum atomic E-state index is 0.0586. The molecule has 0 bridgehead atoms. The summed E-state index contributed by atoms with van der Waals surface area (Å²) in [5, 5.41) is 4.59. The van der Waals surface area contributed by atoms with E-state index in [1.165, 1.54) is 0 Å². The number of para-hydroxylation sites is 1. The van der Waals surface area contributed by atoms with Crippen molar-refractivity contribution in [1.29, 1.82) is 0 Å². The van der Waals surface area contributed by atoms with Crippen LogP contribution < -0.4 is 10.1 Å². The van der Waals surface area contributed by atoms with E-state index in [-0.39, 0.29) is 5.54 Å². The number of hydrogen-bond acceptors (Lipinski definition) is 4. The lowest BCUT2D eigenvalue weighted by atomic mass is 10.0. The van der Waals surface area contributed by atoms with Gasteiger partial charge in [-0.25, -0.2) is 0 Å². The highest BCUT2D eigenvalue weighted by Gasteiger charge is 2.29. The van der Waals surface area contributed by atoms with Crippen LogP contribution in [-0.4, -0.2) is 25.9 Å². The maximum atomic E-state index is 5.87. The molecule has 1 aromatic carbocycles. The minimum Gasteiger partial charge on any atom is -0.493 e. The lowest BCUT2D eigenvalue weighted by Crippen LogP contribution is -2.42. The average Bonchev–Trinajstić information content (AvgIpc) is 3.02. The van der Waals surface area contributed by atoms with Gasteiger partial charge in [-0.15, -0.1) is 0 Å². The second-order valence-corrected chi connectivity index (χ2v) is 5.31. The number of ether oxygens (including phenoxy) is 2. The fourth-order valence-corrected chi connectivity index (χ4v) is 2.44. The van der Waals surface area contributed by atoms with Gasteiger partial charge in [-0.2, -0.15) is 0 Å². The fourth-order valence-electron chi connectivity index (χ4n) is 2.44. The first-order chi connectivity index (χ1) is 9.20. The maximum Gasteiger partial charge on any atom is 0.176 e. The van der Waals surface area contributed by atoms with Crippen molar-refractivity contribution in [3.05, 3.63) is 30.0 Å². The summed E-state index contributed by atoms with van der Waals surface area (Å²) in [6.07, 6.45) is 1.04.